The van der Waals surface area contributed by atoms with Gasteiger partial charge in [-0.05, 0) is 45.3 Å². The molecule has 0 spiro atoms. The van der Waals surface area contributed by atoms with Gasteiger partial charge in [0.2, 0.25) is 0 Å². The average molecular weight is 140 g/mol. The van der Waals surface area contributed by atoms with Crippen LogP contribution in [-0.2, 0) is 0 Å². The zero-order valence-electron chi connectivity index (χ0n) is 6.47. The van der Waals surface area contributed by atoms with E-state index in [1.165, 1.54) is 45.3 Å². The molecule has 0 radical (unpaired) electrons. The molecule has 0 unspecified atom stereocenters. The molecular formula is C8H16N2. The third-order valence-corrected chi connectivity index (χ3v) is 2.77. The molecule has 2 aliphatic rings. The third-order valence-electron chi connectivity index (χ3n) is 2.77. The lowest BCUT2D eigenvalue weighted by Gasteiger charge is -2.31. The molecule has 2 N–H and O–H groups in total. The van der Waals surface area contributed by atoms with Gasteiger partial charge in [0.05, 0.1) is 0 Å². The van der Waals surface area contributed by atoms with Crippen LogP contribution in [0.5, 0.6) is 0 Å². The highest BCUT2D eigenvalue weighted by atomic mass is 15.2. The molecule has 2 rings (SSSR count). The van der Waals surface area contributed by atoms with E-state index in [1.54, 1.807) is 0 Å². The molecule has 0 atom stereocenters. The van der Waals surface area contributed by atoms with Gasteiger partial charge in [-0.1, -0.05) is 0 Å². The van der Waals surface area contributed by atoms with Crippen molar-refractivity contribution in [3.63, 3.8) is 0 Å². The summed E-state index contributed by atoms with van der Waals surface area (Å²) in [4.78, 5) is 2.49. The van der Waals surface area contributed by atoms with Gasteiger partial charge in [0.25, 0.3) is 0 Å². The molecule has 10 heavy (non-hydrogen) atoms. The van der Waals surface area contributed by atoms with Gasteiger partial charge in [-0.3, -0.25) is 0 Å². The highest BCUT2D eigenvalue weighted by molar-refractivity contribution is 4.99. The molecule has 2 heteroatoms. The van der Waals surface area contributed by atoms with Gasteiger partial charge in [0.1, 0.15) is 0 Å². The van der Waals surface area contributed by atoms with Crippen molar-refractivity contribution in [3.05, 3.63) is 0 Å². The average Bonchev–Trinajstić information content (AvgIpc) is 2.44. The first kappa shape index (κ1) is 6.62. The van der Waals surface area contributed by atoms with E-state index < -0.39 is 0 Å². The molecule has 0 bridgehead atoms. The second-order valence-electron chi connectivity index (χ2n) is 3.81. The van der Waals surface area contributed by atoms with Crippen LogP contribution in [0.1, 0.15) is 25.7 Å². The summed E-state index contributed by atoms with van der Waals surface area (Å²) in [6.45, 7) is 3.88. The Morgan fingerprint density at radius 2 is 2.00 bits per heavy atom. The summed E-state index contributed by atoms with van der Waals surface area (Å²) in [5, 5.41) is 0. The fourth-order valence-electron chi connectivity index (χ4n) is 1.40. The molecule has 1 saturated heterocycles. The van der Waals surface area contributed by atoms with Crippen LogP contribution in [0.2, 0.25) is 0 Å². The van der Waals surface area contributed by atoms with Gasteiger partial charge in [0.15, 0.2) is 0 Å². The van der Waals surface area contributed by atoms with Crippen molar-refractivity contribution in [1.82, 2.24) is 4.90 Å². The van der Waals surface area contributed by atoms with Crippen molar-refractivity contribution < 1.29 is 0 Å². The molecule has 0 aromatic rings. The van der Waals surface area contributed by atoms with Crippen molar-refractivity contribution in [2.75, 3.05) is 19.6 Å². The lowest BCUT2D eigenvalue weighted by Crippen LogP contribution is -2.40. The fourth-order valence-corrected chi connectivity index (χ4v) is 1.40. The van der Waals surface area contributed by atoms with E-state index in [9.17, 15) is 0 Å². The quantitative estimate of drug-likeness (QED) is 0.621. The van der Waals surface area contributed by atoms with Gasteiger partial charge in [0, 0.05) is 5.54 Å². The monoisotopic (exact) mass is 140 g/mol. The molecule has 1 saturated carbocycles. The van der Waals surface area contributed by atoms with Crippen molar-refractivity contribution in [2.24, 2.45) is 5.73 Å². The number of nitrogens with two attached hydrogens (primary N) is 1. The Kier molecular flexibility index (Phi) is 1.46. The highest BCUT2D eigenvalue weighted by Gasteiger charge is 2.38. The van der Waals surface area contributed by atoms with Crippen LogP contribution >= 0.6 is 0 Å². The predicted molar refractivity (Wildman–Crippen MR) is 41.8 cm³/mol. The smallest absolute Gasteiger partial charge is 0.0167 e. The van der Waals surface area contributed by atoms with Crippen LogP contribution in [0.3, 0.4) is 0 Å². The molecule has 0 aromatic carbocycles. The summed E-state index contributed by atoms with van der Waals surface area (Å²) in [6, 6.07) is 0. The Hall–Kier alpha value is -0.0800. The molecule has 58 valence electrons. The highest BCUT2D eigenvalue weighted by Crippen LogP contribution is 2.35. The van der Waals surface area contributed by atoms with Crippen LogP contribution in [-0.4, -0.2) is 30.1 Å². The zero-order valence-corrected chi connectivity index (χ0v) is 6.47. The van der Waals surface area contributed by atoms with E-state index in [0.29, 0.717) is 0 Å². The fraction of sp³-hybridized carbons (Fsp3) is 1.00. The molecule has 1 aliphatic carbocycles. The number of hydrogen-bond donors (Lipinski definition) is 1. The van der Waals surface area contributed by atoms with Gasteiger partial charge >= 0.3 is 0 Å². The summed E-state index contributed by atoms with van der Waals surface area (Å²) in [5.41, 5.74) is 6.22. The molecule has 1 heterocycles. The normalized spacial score (nSPS) is 29.7. The van der Waals surface area contributed by atoms with Crippen LogP contribution in [0.15, 0.2) is 0 Å². The van der Waals surface area contributed by atoms with Crippen LogP contribution < -0.4 is 5.73 Å². The number of likely N-dealkylation sites (tertiary alicyclic amines) is 1. The van der Waals surface area contributed by atoms with E-state index in [0.717, 1.165) is 0 Å². The Labute approximate surface area is 62.4 Å². The Balaban J connectivity index is 1.63. The third kappa shape index (κ3) is 1.32. The minimum atomic E-state index is 0.273. The second kappa shape index (κ2) is 2.21. The molecule has 2 fully saturated rings. The van der Waals surface area contributed by atoms with Crippen LogP contribution in [0.4, 0.5) is 0 Å². The molecule has 2 nitrogen and oxygen atoms in total. The summed E-state index contributed by atoms with van der Waals surface area (Å²) in [5.74, 6) is 0. The summed E-state index contributed by atoms with van der Waals surface area (Å²) < 4.78 is 0. The van der Waals surface area contributed by atoms with Gasteiger partial charge in [-0.25, -0.2) is 0 Å². The van der Waals surface area contributed by atoms with Crippen molar-refractivity contribution in [3.8, 4) is 0 Å². The molecule has 0 aromatic heterocycles. The minimum Gasteiger partial charge on any atom is -0.325 e. The number of rotatable bonds is 3. The predicted octanol–water partition coefficient (Wildman–Crippen LogP) is 0.573. The summed E-state index contributed by atoms with van der Waals surface area (Å²) in [6.07, 6.45) is 5.16. The first-order valence-corrected chi connectivity index (χ1v) is 4.30. The Morgan fingerprint density at radius 3 is 2.40 bits per heavy atom. The summed E-state index contributed by atoms with van der Waals surface area (Å²) in [7, 11) is 0. The first-order chi connectivity index (χ1) is 4.79. The standard InChI is InChI=1S/C8H16N2/c9-8(2-3-8)4-7-10-5-1-6-10/h1-7,9H2. The van der Waals surface area contributed by atoms with Crippen molar-refractivity contribution in [1.29, 1.82) is 0 Å². The molecule has 0 amide bonds. The van der Waals surface area contributed by atoms with Crippen LogP contribution in [0, 0.1) is 0 Å². The number of hydrogen-bond acceptors (Lipinski definition) is 2. The number of nitrogens with zero attached hydrogens (tertiary/aromatic N) is 1. The molecule has 1 aliphatic heterocycles. The Bertz CT molecular complexity index is 125. The lowest BCUT2D eigenvalue weighted by atomic mass is 10.1. The molecular weight excluding hydrogens is 124 g/mol. The van der Waals surface area contributed by atoms with E-state index in [2.05, 4.69) is 4.90 Å². The van der Waals surface area contributed by atoms with E-state index >= 15 is 0 Å². The first-order valence-electron chi connectivity index (χ1n) is 4.30. The van der Waals surface area contributed by atoms with Crippen LogP contribution in [0.25, 0.3) is 0 Å². The lowest BCUT2D eigenvalue weighted by molar-refractivity contribution is 0.173. The Morgan fingerprint density at radius 1 is 1.30 bits per heavy atom. The maximum Gasteiger partial charge on any atom is 0.0167 e. The topological polar surface area (TPSA) is 29.3 Å². The van der Waals surface area contributed by atoms with Gasteiger partial charge in [-0.2, -0.15) is 0 Å². The van der Waals surface area contributed by atoms with E-state index in [4.69, 9.17) is 5.73 Å². The zero-order chi connectivity index (χ0) is 7.03. The van der Waals surface area contributed by atoms with Crippen molar-refractivity contribution in [2.45, 2.75) is 31.2 Å². The van der Waals surface area contributed by atoms with Crippen molar-refractivity contribution >= 4 is 0 Å². The summed E-state index contributed by atoms with van der Waals surface area (Å²) >= 11 is 0. The maximum absolute atomic E-state index is 5.95. The van der Waals surface area contributed by atoms with E-state index in [-0.39, 0.29) is 5.54 Å². The second-order valence-corrected chi connectivity index (χ2v) is 3.81. The van der Waals surface area contributed by atoms with Gasteiger partial charge < -0.3 is 10.6 Å². The SMILES string of the molecule is NC1(CCN2CCC2)CC1. The van der Waals surface area contributed by atoms with E-state index in [1.807, 2.05) is 0 Å². The van der Waals surface area contributed by atoms with Gasteiger partial charge in [-0.15, -0.1) is 0 Å². The maximum atomic E-state index is 5.95. The minimum absolute atomic E-state index is 0.273. The largest absolute Gasteiger partial charge is 0.325 e.